The first-order valence-corrected chi connectivity index (χ1v) is 6.66. The van der Waals surface area contributed by atoms with Gasteiger partial charge in [-0.25, -0.2) is 0 Å². The van der Waals surface area contributed by atoms with E-state index in [2.05, 4.69) is 43.4 Å². The minimum Gasteiger partial charge on any atom is -0.340 e. The summed E-state index contributed by atoms with van der Waals surface area (Å²) in [6, 6.07) is 9.00. The van der Waals surface area contributed by atoms with Crippen LogP contribution < -0.4 is 5.32 Å². The largest absolute Gasteiger partial charge is 0.340 e. The van der Waals surface area contributed by atoms with Crippen LogP contribution in [-0.4, -0.2) is 30.4 Å². The van der Waals surface area contributed by atoms with Crippen molar-refractivity contribution in [2.24, 2.45) is 0 Å². The van der Waals surface area contributed by atoms with Crippen LogP contribution in [-0.2, 0) is 4.79 Å². The number of nitrogens with zero attached hydrogens (tertiary/aromatic N) is 1. The average molecular weight is 246 g/mol. The van der Waals surface area contributed by atoms with Gasteiger partial charge in [0.05, 0.1) is 0 Å². The summed E-state index contributed by atoms with van der Waals surface area (Å²) in [7, 11) is 0. The summed E-state index contributed by atoms with van der Waals surface area (Å²) in [6.07, 6.45) is 0. The number of nitrogens with one attached hydrogen (secondary N) is 1. The molecule has 1 unspecified atom stereocenters. The van der Waals surface area contributed by atoms with Crippen LogP contribution in [0.4, 0.5) is 0 Å². The zero-order valence-corrected chi connectivity index (χ0v) is 11.4. The molecule has 98 valence electrons. The van der Waals surface area contributed by atoms with Crippen LogP contribution in [0.15, 0.2) is 24.3 Å². The average Bonchev–Trinajstić information content (AvgIpc) is 2.39. The molecular weight excluding hydrogens is 224 g/mol. The van der Waals surface area contributed by atoms with Crippen molar-refractivity contribution in [3.63, 3.8) is 0 Å². The van der Waals surface area contributed by atoms with E-state index in [1.54, 1.807) is 6.92 Å². The van der Waals surface area contributed by atoms with Crippen LogP contribution in [0.1, 0.15) is 43.9 Å². The lowest BCUT2D eigenvalue weighted by Crippen LogP contribution is -2.47. The van der Waals surface area contributed by atoms with E-state index >= 15 is 0 Å². The molecule has 0 aliphatic carbocycles. The van der Waals surface area contributed by atoms with Gasteiger partial charge in [0.1, 0.15) is 0 Å². The van der Waals surface area contributed by atoms with E-state index in [1.165, 1.54) is 11.1 Å². The Balaban J connectivity index is 2.09. The fourth-order valence-electron chi connectivity index (χ4n) is 2.37. The molecule has 0 aromatic heterocycles. The van der Waals surface area contributed by atoms with Crippen LogP contribution >= 0.6 is 0 Å². The first kappa shape index (κ1) is 13.1. The van der Waals surface area contributed by atoms with E-state index in [1.807, 2.05) is 4.90 Å². The lowest BCUT2D eigenvalue weighted by atomic mass is 9.98. The zero-order chi connectivity index (χ0) is 13.1. The second-order valence-corrected chi connectivity index (χ2v) is 5.29. The van der Waals surface area contributed by atoms with Crippen molar-refractivity contribution in [2.45, 2.75) is 32.7 Å². The topological polar surface area (TPSA) is 32.3 Å². The molecule has 1 aromatic rings. The molecule has 1 atom stereocenters. The van der Waals surface area contributed by atoms with Gasteiger partial charge in [-0.2, -0.15) is 0 Å². The highest BCUT2D eigenvalue weighted by Gasteiger charge is 2.21. The molecule has 0 bridgehead atoms. The molecule has 1 aliphatic heterocycles. The van der Waals surface area contributed by atoms with E-state index < -0.39 is 0 Å². The van der Waals surface area contributed by atoms with Gasteiger partial charge in [-0.3, -0.25) is 4.79 Å². The minimum atomic E-state index is 0.167. The molecule has 3 nitrogen and oxygen atoms in total. The molecule has 1 fully saturated rings. The molecular formula is C15H22N2O. The summed E-state index contributed by atoms with van der Waals surface area (Å²) < 4.78 is 0. The second kappa shape index (κ2) is 5.53. The molecule has 1 N–H and O–H groups in total. The van der Waals surface area contributed by atoms with E-state index in [0.717, 1.165) is 19.6 Å². The molecule has 1 amide bonds. The van der Waals surface area contributed by atoms with Crippen LogP contribution in [0, 0.1) is 0 Å². The van der Waals surface area contributed by atoms with Gasteiger partial charge in [0.15, 0.2) is 0 Å². The third kappa shape index (κ3) is 2.91. The standard InChI is InChI=1S/C15H22N2O/c1-11(2)13-4-6-14(7-5-13)15-10-17(12(3)18)9-8-16-15/h4-7,11,15-16H,8-10H2,1-3H3. The van der Waals surface area contributed by atoms with Crippen molar-refractivity contribution >= 4 is 5.91 Å². The van der Waals surface area contributed by atoms with Crippen LogP contribution in [0.3, 0.4) is 0 Å². The van der Waals surface area contributed by atoms with Gasteiger partial charge in [0.2, 0.25) is 5.91 Å². The van der Waals surface area contributed by atoms with Crippen molar-refractivity contribution in [3.05, 3.63) is 35.4 Å². The number of rotatable bonds is 2. The van der Waals surface area contributed by atoms with Gasteiger partial charge in [0, 0.05) is 32.6 Å². The molecule has 1 heterocycles. The first-order chi connectivity index (χ1) is 8.58. The summed E-state index contributed by atoms with van der Waals surface area (Å²) >= 11 is 0. The quantitative estimate of drug-likeness (QED) is 0.868. The molecule has 2 rings (SSSR count). The molecule has 18 heavy (non-hydrogen) atoms. The number of carbonyl (C=O) groups is 1. The zero-order valence-electron chi connectivity index (χ0n) is 11.4. The Morgan fingerprint density at radius 2 is 2.00 bits per heavy atom. The Bertz CT molecular complexity index is 411. The molecule has 3 heteroatoms. The second-order valence-electron chi connectivity index (χ2n) is 5.29. The third-order valence-corrected chi connectivity index (χ3v) is 3.63. The van der Waals surface area contributed by atoms with Crippen molar-refractivity contribution in [3.8, 4) is 0 Å². The Morgan fingerprint density at radius 1 is 1.33 bits per heavy atom. The van der Waals surface area contributed by atoms with Gasteiger partial charge < -0.3 is 10.2 Å². The molecule has 0 saturated carbocycles. The molecule has 1 aliphatic rings. The van der Waals surface area contributed by atoms with Crippen LogP contribution in [0.25, 0.3) is 0 Å². The Kier molecular flexibility index (Phi) is 4.02. The van der Waals surface area contributed by atoms with E-state index in [-0.39, 0.29) is 11.9 Å². The van der Waals surface area contributed by atoms with E-state index in [9.17, 15) is 4.79 Å². The van der Waals surface area contributed by atoms with Crippen LogP contribution in [0.2, 0.25) is 0 Å². The molecule has 1 aromatic carbocycles. The fraction of sp³-hybridized carbons (Fsp3) is 0.533. The Morgan fingerprint density at radius 3 is 2.56 bits per heavy atom. The number of carbonyl (C=O) groups excluding carboxylic acids is 1. The summed E-state index contributed by atoms with van der Waals surface area (Å²) in [5.41, 5.74) is 2.63. The maximum Gasteiger partial charge on any atom is 0.219 e. The molecule has 1 saturated heterocycles. The maximum atomic E-state index is 11.4. The summed E-state index contributed by atoms with van der Waals surface area (Å²) in [6.45, 7) is 8.50. The lowest BCUT2D eigenvalue weighted by Gasteiger charge is -2.33. The summed E-state index contributed by atoms with van der Waals surface area (Å²) in [4.78, 5) is 13.3. The van der Waals surface area contributed by atoms with Crippen molar-refractivity contribution in [2.75, 3.05) is 19.6 Å². The van der Waals surface area contributed by atoms with Gasteiger partial charge in [0.25, 0.3) is 0 Å². The van der Waals surface area contributed by atoms with Crippen molar-refractivity contribution in [1.29, 1.82) is 0 Å². The number of benzene rings is 1. The summed E-state index contributed by atoms with van der Waals surface area (Å²) in [5.74, 6) is 0.729. The number of piperazine rings is 1. The van der Waals surface area contributed by atoms with E-state index in [0.29, 0.717) is 5.92 Å². The summed E-state index contributed by atoms with van der Waals surface area (Å²) in [5, 5.41) is 3.48. The Hall–Kier alpha value is -1.35. The predicted molar refractivity (Wildman–Crippen MR) is 73.5 cm³/mol. The smallest absolute Gasteiger partial charge is 0.219 e. The van der Waals surface area contributed by atoms with Crippen molar-refractivity contribution < 1.29 is 4.79 Å². The number of amides is 1. The molecule has 0 spiro atoms. The predicted octanol–water partition coefficient (Wildman–Crippen LogP) is 2.30. The lowest BCUT2D eigenvalue weighted by molar-refractivity contribution is -0.130. The number of hydrogen-bond acceptors (Lipinski definition) is 2. The van der Waals surface area contributed by atoms with Gasteiger partial charge in [-0.05, 0) is 17.0 Å². The highest BCUT2D eigenvalue weighted by Crippen LogP contribution is 2.21. The monoisotopic (exact) mass is 246 g/mol. The fourth-order valence-corrected chi connectivity index (χ4v) is 2.37. The van der Waals surface area contributed by atoms with Gasteiger partial charge in [-0.15, -0.1) is 0 Å². The SMILES string of the molecule is CC(=O)N1CCNC(c2ccc(C(C)C)cc2)C1. The van der Waals surface area contributed by atoms with E-state index in [4.69, 9.17) is 0 Å². The van der Waals surface area contributed by atoms with Gasteiger partial charge >= 0.3 is 0 Å². The highest BCUT2D eigenvalue weighted by molar-refractivity contribution is 5.73. The minimum absolute atomic E-state index is 0.167. The van der Waals surface area contributed by atoms with Crippen molar-refractivity contribution in [1.82, 2.24) is 10.2 Å². The normalized spacial score (nSPS) is 20.2. The Labute approximate surface area is 109 Å². The number of hydrogen-bond donors (Lipinski definition) is 1. The first-order valence-electron chi connectivity index (χ1n) is 6.66. The highest BCUT2D eigenvalue weighted by atomic mass is 16.2. The molecule has 0 radical (unpaired) electrons. The third-order valence-electron chi connectivity index (χ3n) is 3.63. The van der Waals surface area contributed by atoms with Gasteiger partial charge in [-0.1, -0.05) is 38.1 Å². The van der Waals surface area contributed by atoms with Crippen LogP contribution in [0.5, 0.6) is 0 Å². The maximum absolute atomic E-state index is 11.4.